The van der Waals surface area contributed by atoms with E-state index in [0.717, 1.165) is 38.4 Å². The average Bonchev–Trinajstić information content (AvgIpc) is 3.22. The summed E-state index contributed by atoms with van der Waals surface area (Å²) in [5.74, 6) is 1.66. The highest BCUT2D eigenvalue weighted by Gasteiger charge is 2.55. The van der Waals surface area contributed by atoms with Crippen LogP contribution in [0.1, 0.15) is 24.1 Å². The van der Waals surface area contributed by atoms with Crippen LogP contribution in [0.2, 0.25) is 0 Å². The van der Waals surface area contributed by atoms with E-state index in [-0.39, 0.29) is 11.6 Å². The second-order valence-electron chi connectivity index (χ2n) is 7.72. The molecule has 29 heavy (non-hydrogen) atoms. The number of aryl methyl sites for hydroxylation is 1. The van der Waals surface area contributed by atoms with Crippen molar-refractivity contribution in [3.8, 4) is 17.0 Å². The van der Waals surface area contributed by atoms with Crippen molar-refractivity contribution < 1.29 is 18.3 Å². The van der Waals surface area contributed by atoms with Gasteiger partial charge in [0, 0.05) is 44.2 Å². The molecule has 4 rings (SSSR count). The summed E-state index contributed by atoms with van der Waals surface area (Å²) < 4.78 is 35.0. The van der Waals surface area contributed by atoms with E-state index in [0.29, 0.717) is 29.0 Å². The Morgan fingerprint density at radius 1 is 1.24 bits per heavy atom. The maximum absolute atomic E-state index is 12.6. The van der Waals surface area contributed by atoms with E-state index in [9.17, 15) is 8.78 Å². The van der Waals surface area contributed by atoms with Crippen molar-refractivity contribution in [1.82, 2.24) is 14.9 Å². The molecule has 1 aliphatic carbocycles. The van der Waals surface area contributed by atoms with Gasteiger partial charge in [-0.1, -0.05) is 6.92 Å². The number of hydrogen-bond acceptors (Lipinski definition) is 6. The number of ether oxygens (including phenoxy) is 2. The van der Waals surface area contributed by atoms with Crippen molar-refractivity contribution in [3.63, 3.8) is 0 Å². The number of likely N-dealkylation sites (tertiary alicyclic amines) is 1. The minimum Gasteiger partial charge on any atom is -0.431 e. The summed E-state index contributed by atoms with van der Waals surface area (Å²) in [6.07, 6.45) is 2.35. The summed E-state index contributed by atoms with van der Waals surface area (Å²) in [6, 6.07) is 5.72. The maximum Gasteiger partial charge on any atom is 0.387 e. The van der Waals surface area contributed by atoms with Gasteiger partial charge in [0.15, 0.2) is 11.6 Å². The minimum absolute atomic E-state index is 0.0613. The molecule has 3 atom stereocenters. The van der Waals surface area contributed by atoms with Crippen molar-refractivity contribution in [2.24, 2.45) is 11.8 Å². The molecule has 6 nitrogen and oxygen atoms in total. The number of fused-ring (bicyclic) bond motifs is 1. The number of alkyl halides is 2. The van der Waals surface area contributed by atoms with Crippen LogP contribution in [0.25, 0.3) is 11.3 Å². The molecule has 2 fully saturated rings. The summed E-state index contributed by atoms with van der Waals surface area (Å²) >= 11 is 0. The molecule has 1 saturated carbocycles. The monoisotopic (exact) mass is 404 g/mol. The first-order chi connectivity index (χ1) is 14.0. The molecule has 2 aromatic rings. The SMILES string of the molecule is CCc1cc([C@@H]2[C@@H]3CN(CCOC)C[C@@H]32)cc(-c2cnc(N)c(OC(F)F)c2)n1. The molecule has 0 aromatic carbocycles. The molecule has 3 heterocycles. The quantitative estimate of drug-likeness (QED) is 0.729. The largest absolute Gasteiger partial charge is 0.431 e. The van der Waals surface area contributed by atoms with Crippen molar-refractivity contribution in [1.29, 1.82) is 0 Å². The summed E-state index contributed by atoms with van der Waals surface area (Å²) in [4.78, 5) is 11.1. The van der Waals surface area contributed by atoms with Crippen LogP contribution in [0.3, 0.4) is 0 Å². The molecule has 156 valence electrons. The van der Waals surface area contributed by atoms with Crippen molar-refractivity contribution in [3.05, 3.63) is 35.7 Å². The van der Waals surface area contributed by atoms with Crippen molar-refractivity contribution in [2.75, 3.05) is 39.1 Å². The Bertz CT molecular complexity index is 868. The molecule has 2 N–H and O–H groups in total. The van der Waals surface area contributed by atoms with Gasteiger partial charge in [-0.25, -0.2) is 4.98 Å². The lowest BCUT2D eigenvalue weighted by Gasteiger charge is -2.19. The molecule has 8 heteroatoms. The zero-order valence-corrected chi connectivity index (χ0v) is 16.6. The first-order valence-corrected chi connectivity index (χ1v) is 9.93. The van der Waals surface area contributed by atoms with Gasteiger partial charge in [-0.05, 0) is 47.9 Å². The van der Waals surface area contributed by atoms with Gasteiger partial charge in [-0.2, -0.15) is 8.78 Å². The predicted molar refractivity (Wildman–Crippen MR) is 106 cm³/mol. The zero-order valence-electron chi connectivity index (χ0n) is 16.6. The van der Waals surface area contributed by atoms with Gasteiger partial charge >= 0.3 is 6.61 Å². The van der Waals surface area contributed by atoms with Crippen LogP contribution in [0.15, 0.2) is 24.4 Å². The van der Waals surface area contributed by atoms with Gasteiger partial charge in [-0.3, -0.25) is 4.98 Å². The van der Waals surface area contributed by atoms with Crippen LogP contribution in [0, 0.1) is 11.8 Å². The Labute approximate surface area is 169 Å². The normalized spacial score (nSPS) is 23.4. The first kappa shape index (κ1) is 20.0. The number of methoxy groups -OCH3 is 1. The lowest BCUT2D eigenvalue weighted by atomic mass is 10.0. The Kier molecular flexibility index (Phi) is 5.65. The molecule has 2 aromatic heterocycles. The molecule has 1 saturated heterocycles. The van der Waals surface area contributed by atoms with Gasteiger partial charge < -0.3 is 20.1 Å². The first-order valence-electron chi connectivity index (χ1n) is 9.93. The van der Waals surface area contributed by atoms with E-state index in [4.69, 9.17) is 10.5 Å². The lowest BCUT2D eigenvalue weighted by Crippen LogP contribution is -2.27. The van der Waals surface area contributed by atoms with E-state index < -0.39 is 6.61 Å². The summed E-state index contributed by atoms with van der Waals surface area (Å²) in [5.41, 5.74) is 9.25. The minimum atomic E-state index is -2.95. The van der Waals surface area contributed by atoms with Crippen molar-refractivity contribution in [2.45, 2.75) is 25.9 Å². The van der Waals surface area contributed by atoms with E-state index >= 15 is 0 Å². The van der Waals surface area contributed by atoms with E-state index in [1.807, 2.05) is 0 Å². The van der Waals surface area contributed by atoms with E-state index in [1.54, 1.807) is 13.3 Å². The van der Waals surface area contributed by atoms with Crippen LogP contribution in [0.4, 0.5) is 14.6 Å². The predicted octanol–water partition coefficient (Wildman–Crippen LogP) is 3.18. The van der Waals surface area contributed by atoms with Gasteiger partial charge in [0.2, 0.25) is 0 Å². The topological polar surface area (TPSA) is 73.5 Å². The highest BCUT2D eigenvalue weighted by atomic mass is 19.3. The maximum atomic E-state index is 12.6. The highest BCUT2D eigenvalue weighted by molar-refractivity contribution is 5.65. The number of nitrogens with zero attached hydrogens (tertiary/aromatic N) is 3. The second-order valence-corrected chi connectivity index (χ2v) is 7.72. The fraction of sp³-hybridized carbons (Fsp3) is 0.524. The number of halogens is 2. The third-order valence-electron chi connectivity index (χ3n) is 5.92. The molecule has 2 aliphatic rings. The second kappa shape index (κ2) is 8.20. The van der Waals surface area contributed by atoms with E-state index in [2.05, 4.69) is 38.7 Å². The Balaban J connectivity index is 1.56. The summed E-state index contributed by atoms with van der Waals surface area (Å²) in [5, 5.41) is 0. The Morgan fingerprint density at radius 2 is 2.00 bits per heavy atom. The van der Waals surface area contributed by atoms with Gasteiger partial charge in [-0.15, -0.1) is 0 Å². The molecule has 0 bridgehead atoms. The molecule has 1 aliphatic heterocycles. The van der Waals surface area contributed by atoms with Crippen LogP contribution in [-0.2, 0) is 11.2 Å². The number of pyridine rings is 2. The number of rotatable bonds is 8. The number of piperidine rings is 1. The zero-order chi connectivity index (χ0) is 20.5. The Morgan fingerprint density at radius 3 is 2.66 bits per heavy atom. The highest BCUT2D eigenvalue weighted by Crippen LogP contribution is 2.58. The number of aromatic nitrogens is 2. The number of hydrogen-bond donors (Lipinski definition) is 1. The van der Waals surface area contributed by atoms with Crippen LogP contribution < -0.4 is 10.5 Å². The van der Waals surface area contributed by atoms with Gasteiger partial charge in [0.05, 0.1) is 12.3 Å². The molecule has 0 radical (unpaired) electrons. The fourth-order valence-corrected chi connectivity index (χ4v) is 4.43. The van der Waals surface area contributed by atoms with Crippen LogP contribution >= 0.6 is 0 Å². The third-order valence-corrected chi connectivity index (χ3v) is 5.92. The van der Waals surface area contributed by atoms with E-state index in [1.165, 1.54) is 11.6 Å². The average molecular weight is 404 g/mol. The fourth-order valence-electron chi connectivity index (χ4n) is 4.43. The number of nitrogens with two attached hydrogens (primary N) is 1. The molecular formula is C21H26F2N4O2. The molecular weight excluding hydrogens is 378 g/mol. The van der Waals surface area contributed by atoms with Crippen LogP contribution in [0.5, 0.6) is 5.75 Å². The smallest absolute Gasteiger partial charge is 0.387 e. The molecule has 0 amide bonds. The Hall–Kier alpha value is -2.32. The molecule has 0 spiro atoms. The third kappa shape index (κ3) is 4.18. The molecule has 0 unspecified atom stereocenters. The summed E-state index contributed by atoms with van der Waals surface area (Å²) in [7, 11) is 1.73. The van der Waals surface area contributed by atoms with Gasteiger partial charge in [0.1, 0.15) is 0 Å². The van der Waals surface area contributed by atoms with Crippen LogP contribution in [-0.4, -0.2) is 54.8 Å². The number of anilines is 1. The summed E-state index contributed by atoms with van der Waals surface area (Å²) in [6.45, 7) is 3.02. The van der Waals surface area contributed by atoms with Crippen molar-refractivity contribution >= 4 is 5.82 Å². The standard InChI is InChI=1S/C21H26F2N4O2/c1-3-14-6-12(19-15-10-27(4-5-28-2)11-16(15)19)7-17(26-14)13-8-18(29-21(22)23)20(24)25-9-13/h6-9,15-16,19,21H,3-5,10-11H2,1-2H3,(H2,24,25)/t15-,16+,19-. The van der Waals surface area contributed by atoms with Gasteiger partial charge in [0.25, 0.3) is 0 Å². The number of nitrogen functional groups attached to an aromatic ring is 1. The lowest BCUT2D eigenvalue weighted by molar-refractivity contribution is -0.0494.